The van der Waals surface area contributed by atoms with E-state index >= 15 is 0 Å². The van der Waals surface area contributed by atoms with Gasteiger partial charge in [-0.1, -0.05) is 11.6 Å². The van der Waals surface area contributed by atoms with Crippen molar-refractivity contribution in [3.8, 4) is 0 Å². The molecule has 1 atom stereocenters. The fourth-order valence-electron chi connectivity index (χ4n) is 1.38. The average Bonchev–Trinajstić information content (AvgIpc) is 2.81. The van der Waals surface area contributed by atoms with E-state index in [0.29, 0.717) is 11.6 Å². The largest absolute Gasteiger partial charge is 0.360 e. The highest BCUT2D eigenvalue weighted by Crippen LogP contribution is 2.22. The van der Waals surface area contributed by atoms with E-state index in [2.05, 4.69) is 25.5 Å². The van der Waals surface area contributed by atoms with E-state index < -0.39 is 4.92 Å². The second-order valence-electron chi connectivity index (χ2n) is 3.53. The van der Waals surface area contributed by atoms with Gasteiger partial charge in [0.2, 0.25) is 0 Å². The molecular weight excluding hydrogens is 260 g/mol. The summed E-state index contributed by atoms with van der Waals surface area (Å²) in [5.41, 5.74) is -0.123. The predicted molar refractivity (Wildman–Crippen MR) is 64.3 cm³/mol. The summed E-state index contributed by atoms with van der Waals surface area (Å²) in [6, 6.07) is 2.27. The highest BCUT2D eigenvalue weighted by Gasteiger charge is 2.13. The topological polar surface area (TPSA) is 110 Å². The quantitative estimate of drug-likeness (QED) is 0.498. The molecule has 0 aliphatic carbocycles. The number of nitro groups is 1. The minimum Gasteiger partial charge on any atom is -0.360 e. The molecule has 0 aromatic carbocycles. The van der Waals surface area contributed by atoms with Crippen molar-refractivity contribution in [3.63, 3.8) is 0 Å². The maximum Gasteiger partial charge on any atom is 0.276 e. The van der Waals surface area contributed by atoms with Gasteiger partial charge >= 0.3 is 0 Å². The van der Waals surface area contributed by atoms with Crippen LogP contribution in [0.5, 0.6) is 0 Å². The molecule has 2 aromatic rings. The Morgan fingerprint density at radius 2 is 2.33 bits per heavy atom. The van der Waals surface area contributed by atoms with Crippen molar-refractivity contribution in [1.29, 1.82) is 0 Å². The Morgan fingerprint density at radius 3 is 2.94 bits per heavy atom. The predicted octanol–water partition coefficient (Wildman–Crippen LogP) is 1.93. The Bertz CT molecular complexity index is 558. The Labute approximate surface area is 107 Å². The lowest BCUT2D eigenvalue weighted by Crippen LogP contribution is -2.10. The summed E-state index contributed by atoms with van der Waals surface area (Å²) in [6.07, 6.45) is 1.38. The van der Waals surface area contributed by atoms with Crippen molar-refractivity contribution < 1.29 is 4.92 Å². The molecule has 2 heterocycles. The van der Waals surface area contributed by atoms with Crippen LogP contribution in [0.1, 0.15) is 18.8 Å². The third-order valence-corrected chi connectivity index (χ3v) is 2.39. The van der Waals surface area contributed by atoms with Crippen molar-refractivity contribution in [1.82, 2.24) is 20.2 Å². The first-order valence-corrected chi connectivity index (χ1v) is 5.38. The Balaban J connectivity index is 2.21. The minimum atomic E-state index is -0.530. The number of nitrogens with one attached hydrogen (secondary N) is 2. The number of H-pyrrole nitrogens is 1. The molecule has 0 saturated carbocycles. The van der Waals surface area contributed by atoms with Crippen LogP contribution < -0.4 is 5.32 Å². The molecule has 9 heteroatoms. The van der Waals surface area contributed by atoms with Gasteiger partial charge in [0, 0.05) is 0 Å². The molecule has 18 heavy (non-hydrogen) atoms. The van der Waals surface area contributed by atoms with Crippen LogP contribution in [0.2, 0.25) is 5.15 Å². The van der Waals surface area contributed by atoms with Crippen LogP contribution in [-0.4, -0.2) is 25.1 Å². The van der Waals surface area contributed by atoms with Gasteiger partial charge in [0.05, 0.1) is 23.1 Å². The first-order valence-electron chi connectivity index (χ1n) is 5.00. The number of halogens is 1. The van der Waals surface area contributed by atoms with E-state index in [0.717, 1.165) is 0 Å². The molecule has 0 amide bonds. The molecule has 0 bridgehead atoms. The van der Waals surface area contributed by atoms with Gasteiger partial charge in [-0.3, -0.25) is 15.2 Å². The average molecular weight is 269 g/mol. The fourth-order valence-corrected chi connectivity index (χ4v) is 1.58. The number of aromatic amines is 1. The lowest BCUT2D eigenvalue weighted by atomic mass is 10.3. The number of nitrogens with zero attached hydrogens (tertiary/aromatic N) is 4. The zero-order chi connectivity index (χ0) is 13.1. The van der Waals surface area contributed by atoms with Gasteiger partial charge in [-0.2, -0.15) is 5.10 Å². The van der Waals surface area contributed by atoms with Crippen molar-refractivity contribution in [2.75, 3.05) is 5.32 Å². The molecule has 8 nitrogen and oxygen atoms in total. The maximum atomic E-state index is 10.7. The molecule has 1 unspecified atom stereocenters. The van der Waals surface area contributed by atoms with Crippen LogP contribution in [0, 0.1) is 10.1 Å². The van der Waals surface area contributed by atoms with Crippen LogP contribution >= 0.6 is 11.6 Å². The van der Waals surface area contributed by atoms with Crippen molar-refractivity contribution in [2.24, 2.45) is 0 Å². The minimum absolute atomic E-state index is 0.0523. The molecule has 2 aromatic heterocycles. The third kappa shape index (κ3) is 2.72. The van der Waals surface area contributed by atoms with Crippen LogP contribution in [0.3, 0.4) is 0 Å². The number of pyridine rings is 1. The molecule has 0 radical (unpaired) electrons. The first kappa shape index (κ1) is 12.2. The number of hydrogen-bond donors (Lipinski definition) is 2. The smallest absolute Gasteiger partial charge is 0.276 e. The number of rotatable bonds is 4. The lowest BCUT2D eigenvalue weighted by Gasteiger charge is -2.11. The molecular formula is C9H9ClN6O2. The van der Waals surface area contributed by atoms with Crippen LogP contribution in [0.15, 0.2) is 18.5 Å². The standard InChI is InChI=1S/C9H9ClN6O2/c1-5(9-11-4-12-15-9)13-8-3-6(16(17)18)2-7(10)14-8/h2-5H,1H3,(H,13,14)(H,11,12,15). The second kappa shape index (κ2) is 4.96. The van der Waals surface area contributed by atoms with Gasteiger partial charge in [-0.15, -0.1) is 0 Å². The van der Waals surface area contributed by atoms with E-state index in [1.165, 1.54) is 18.5 Å². The fraction of sp³-hybridized carbons (Fsp3) is 0.222. The highest BCUT2D eigenvalue weighted by molar-refractivity contribution is 6.29. The Hall–Kier alpha value is -2.22. The Morgan fingerprint density at radius 1 is 1.56 bits per heavy atom. The summed E-state index contributed by atoms with van der Waals surface area (Å²) >= 11 is 5.71. The maximum absolute atomic E-state index is 10.7. The normalized spacial score (nSPS) is 12.1. The van der Waals surface area contributed by atoms with E-state index in [9.17, 15) is 10.1 Å². The molecule has 2 rings (SSSR count). The van der Waals surface area contributed by atoms with Gasteiger partial charge in [0.25, 0.3) is 5.69 Å². The van der Waals surface area contributed by atoms with Gasteiger partial charge in [0.1, 0.15) is 23.1 Å². The van der Waals surface area contributed by atoms with Crippen molar-refractivity contribution >= 4 is 23.1 Å². The van der Waals surface area contributed by atoms with Gasteiger partial charge in [-0.25, -0.2) is 9.97 Å². The molecule has 94 valence electrons. The van der Waals surface area contributed by atoms with Gasteiger partial charge in [-0.05, 0) is 6.92 Å². The van der Waals surface area contributed by atoms with Crippen LogP contribution in [-0.2, 0) is 0 Å². The van der Waals surface area contributed by atoms with E-state index in [-0.39, 0.29) is 16.9 Å². The molecule has 0 saturated heterocycles. The molecule has 2 N–H and O–H groups in total. The lowest BCUT2D eigenvalue weighted by molar-refractivity contribution is -0.384. The molecule has 0 spiro atoms. The summed E-state index contributed by atoms with van der Waals surface area (Å²) in [7, 11) is 0. The highest BCUT2D eigenvalue weighted by atomic mass is 35.5. The van der Waals surface area contributed by atoms with Crippen LogP contribution in [0.25, 0.3) is 0 Å². The van der Waals surface area contributed by atoms with Crippen molar-refractivity contribution in [3.05, 3.63) is 39.6 Å². The first-order chi connectivity index (χ1) is 8.56. The Kier molecular flexibility index (Phi) is 3.38. The second-order valence-corrected chi connectivity index (χ2v) is 3.91. The van der Waals surface area contributed by atoms with E-state index in [4.69, 9.17) is 11.6 Å². The summed E-state index contributed by atoms with van der Waals surface area (Å²) in [4.78, 5) is 18.1. The summed E-state index contributed by atoms with van der Waals surface area (Å²) in [5.74, 6) is 0.900. The number of aromatic nitrogens is 4. The van der Waals surface area contributed by atoms with Crippen molar-refractivity contribution in [2.45, 2.75) is 13.0 Å². The SMILES string of the molecule is CC(Nc1cc([N+](=O)[O-])cc(Cl)n1)c1ncn[nH]1. The molecule has 0 fully saturated rings. The van der Waals surface area contributed by atoms with Gasteiger partial charge in [0.15, 0.2) is 0 Å². The van der Waals surface area contributed by atoms with E-state index in [1.54, 1.807) is 0 Å². The summed E-state index contributed by atoms with van der Waals surface area (Å²) in [6.45, 7) is 1.81. The number of anilines is 1. The monoisotopic (exact) mass is 268 g/mol. The zero-order valence-electron chi connectivity index (χ0n) is 9.29. The van der Waals surface area contributed by atoms with Crippen LogP contribution in [0.4, 0.5) is 11.5 Å². The number of hydrogen-bond acceptors (Lipinski definition) is 6. The zero-order valence-corrected chi connectivity index (χ0v) is 10.0. The third-order valence-electron chi connectivity index (χ3n) is 2.20. The van der Waals surface area contributed by atoms with E-state index in [1.807, 2.05) is 6.92 Å². The van der Waals surface area contributed by atoms with Gasteiger partial charge < -0.3 is 5.32 Å². The summed E-state index contributed by atoms with van der Waals surface area (Å²) in [5, 5.41) is 20.1. The molecule has 0 aliphatic heterocycles. The summed E-state index contributed by atoms with van der Waals surface area (Å²) < 4.78 is 0. The molecule has 0 aliphatic rings.